The van der Waals surface area contributed by atoms with E-state index < -0.39 is 11.8 Å². The maximum Gasteiger partial charge on any atom is 0.270 e. The number of amides is 2. The third kappa shape index (κ3) is 3.48. The van der Waals surface area contributed by atoms with Crippen molar-refractivity contribution in [2.24, 2.45) is 0 Å². The zero-order chi connectivity index (χ0) is 20.4. The Balaban J connectivity index is 2.08. The summed E-state index contributed by atoms with van der Waals surface area (Å²) in [7, 11) is 3.06. The zero-order valence-corrected chi connectivity index (χ0v) is 16.8. The van der Waals surface area contributed by atoms with Gasteiger partial charge in [0.1, 0.15) is 17.1 Å². The average Bonchev–Trinajstić information content (AvgIpc) is 2.68. The molecular formula is C21H20N2O4S. The molecule has 1 saturated heterocycles. The Labute approximate surface area is 168 Å². The molecule has 6 nitrogen and oxygen atoms in total. The van der Waals surface area contributed by atoms with E-state index in [1.165, 1.54) is 18.1 Å². The van der Waals surface area contributed by atoms with Crippen LogP contribution in [0.5, 0.6) is 11.5 Å². The van der Waals surface area contributed by atoms with Gasteiger partial charge in [0.05, 0.1) is 19.9 Å². The van der Waals surface area contributed by atoms with Crippen molar-refractivity contribution < 1.29 is 19.1 Å². The second kappa shape index (κ2) is 7.82. The van der Waals surface area contributed by atoms with Crippen LogP contribution < -0.4 is 19.7 Å². The summed E-state index contributed by atoms with van der Waals surface area (Å²) in [6.07, 6.45) is 1.50. The van der Waals surface area contributed by atoms with Crippen molar-refractivity contribution in [1.29, 1.82) is 0 Å². The van der Waals surface area contributed by atoms with Crippen LogP contribution in [0.3, 0.4) is 0 Å². The highest BCUT2D eigenvalue weighted by Crippen LogP contribution is 2.30. The van der Waals surface area contributed by atoms with Crippen molar-refractivity contribution in [3.63, 3.8) is 0 Å². The third-order valence-electron chi connectivity index (χ3n) is 4.66. The maximum atomic E-state index is 13.2. The number of carbonyl (C=O) groups is 2. The fourth-order valence-electron chi connectivity index (χ4n) is 2.95. The van der Waals surface area contributed by atoms with Gasteiger partial charge in [0.25, 0.3) is 11.8 Å². The van der Waals surface area contributed by atoms with Gasteiger partial charge in [0.15, 0.2) is 5.11 Å². The molecule has 2 aromatic carbocycles. The Morgan fingerprint density at radius 2 is 1.82 bits per heavy atom. The van der Waals surface area contributed by atoms with Crippen LogP contribution in [0.1, 0.15) is 16.7 Å². The van der Waals surface area contributed by atoms with Crippen molar-refractivity contribution in [3.05, 3.63) is 58.7 Å². The Morgan fingerprint density at radius 1 is 1.07 bits per heavy atom. The molecule has 28 heavy (non-hydrogen) atoms. The average molecular weight is 396 g/mol. The number of ether oxygens (including phenoxy) is 2. The van der Waals surface area contributed by atoms with Crippen molar-refractivity contribution in [2.75, 3.05) is 19.1 Å². The fourth-order valence-corrected chi connectivity index (χ4v) is 3.22. The lowest BCUT2D eigenvalue weighted by Gasteiger charge is -2.30. The summed E-state index contributed by atoms with van der Waals surface area (Å²) >= 11 is 5.27. The number of nitrogens with one attached hydrogen (secondary N) is 1. The molecule has 3 rings (SSSR count). The molecule has 7 heteroatoms. The second-order valence-corrected chi connectivity index (χ2v) is 6.67. The highest BCUT2D eigenvalue weighted by Gasteiger charge is 2.35. The Bertz CT molecular complexity index is 1010. The molecule has 144 valence electrons. The Hall–Kier alpha value is -3.19. The van der Waals surface area contributed by atoms with E-state index >= 15 is 0 Å². The first-order chi connectivity index (χ1) is 13.4. The summed E-state index contributed by atoms with van der Waals surface area (Å²) in [6, 6.07) is 10.7. The maximum absolute atomic E-state index is 13.2. The van der Waals surface area contributed by atoms with Crippen molar-refractivity contribution >= 4 is 40.9 Å². The van der Waals surface area contributed by atoms with Gasteiger partial charge in [0, 0.05) is 11.6 Å². The Morgan fingerprint density at radius 3 is 2.50 bits per heavy atom. The minimum absolute atomic E-state index is 0.0297. The monoisotopic (exact) mass is 396 g/mol. The van der Waals surface area contributed by atoms with Crippen LogP contribution in [-0.2, 0) is 9.59 Å². The third-order valence-corrected chi connectivity index (χ3v) is 4.94. The van der Waals surface area contributed by atoms with Gasteiger partial charge < -0.3 is 9.47 Å². The van der Waals surface area contributed by atoms with Crippen molar-refractivity contribution in [3.8, 4) is 11.5 Å². The van der Waals surface area contributed by atoms with E-state index in [-0.39, 0.29) is 10.7 Å². The molecule has 1 N–H and O–H groups in total. The topological polar surface area (TPSA) is 67.9 Å². The van der Waals surface area contributed by atoms with E-state index in [1.807, 2.05) is 26.0 Å². The normalized spacial score (nSPS) is 15.6. The molecule has 0 spiro atoms. The molecule has 2 aromatic rings. The largest absolute Gasteiger partial charge is 0.497 e. The van der Waals surface area contributed by atoms with E-state index in [2.05, 4.69) is 5.32 Å². The molecule has 0 aliphatic carbocycles. The second-order valence-electron chi connectivity index (χ2n) is 6.28. The minimum Gasteiger partial charge on any atom is -0.497 e. The number of carbonyl (C=O) groups excluding carboxylic acids is 2. The SMILES string of the molecule is COc1ccc(/C=C2\C(=O)NC(=S)N(c3cccc(C)c3C)C2=O)c(OC)c1. The molecule has 0 bridgehead atoms. The van der Waals surface area contributed by atoms with E-state index in [0.717, 1.165) is 11.1 Å². The van der Waals surface area contributed by atoms with Gasteiger partial charge in [-0.15, -0.1) is 0 Å². The van der Waals surface area contributed by atoms with Gasteiger partial charge in [0.2, 0.25) is 0 Å². The zero-order valence-electron chi connectivity index (χ0n) is 16.0. The highest BCUT2D eigenvalue weighted by molar-refractivity contribution is 7.80. The van der Waals surface area contributed by atoms with Crippen molar-refractivity contribution in [1.82, 2.24) is 5.32 Å². The molecule has 0 aromatic heterocycles. The van der Waals surface area contributed by atoms with Crippen LogP contribution in [0, 0.1) is 13.8 Å². The lowest BCUT2D eigenvalue weighted by Crippen LogP contribution is -2.54. The first kappa shape index (κ1) is 19.6. The van der Waals surface area contributed by atoms with Crippen LogP contribution >= 0.6 is 12.2 Å². The molecule has 0 atom stereocenters. The van der Waals surface area contributed by atoms with Crippen LogP contribution in [0.15, 0.2) is 42.0 Å². The van der Waals surface area contributed by atoms with Gasteiger partial charge in [-0.3, -0.25) is 19.8 Å². The van der Waals surface area contributed by atoms with E-state index in [0.29, 0.717) is 22.7 Å². The van der Waals surface area contributed by atoms with Crippen LogP contribution in [-0.4, -0.2) is 31.1 Å². The quantitative estimate of drug-likeness (QED) is 0.489. The molecule has 1 aliphatic rings. The summed E-state index contributed by atoms with van der Waals surface area (Å²) in [6.45, 7) is 3.86. The molecule has 1 fully saturated rings. The molecule has 1 aliphatic heterocycles. The standard InChI is InChI=1S/C21H20N2O4S/c1-12-6-5-7-17(13(12)2)23-20(25)16(19(24)22-21(23)28)10-14-8-9-15(26-3)11-18(14)27-4/h5-11H,1-4H3,(H,22,24,28)/b16-10+. The fraction of sp³-hybridized carbons (Fsp3) is 0.190. The number of anilines is 1. The van der Waals surface area contributed by atoms with Gasteiger partial charge >= 0.3 is 0 Å². The smallest absolute Gasteiger partial charge is 0.270 e. The summed E-state index contributed by atoms with van der Waals surface area (Å²) < 4.78 is 10.5. The van der Waals surface area contributed by atoms with E-state index in [1.54, 1.807) is 31.4 Å². The highest BCUT2D eigenvalue weighted by atomic mass is 32.1. The molecular weight excluding hydrogens is 376 g/mol. The van der Waals surface area contributed by atoms with Gasteiger partial charge in [-0.25, -0.2) is 0 Å². The summed E-state index contributed by atoms with van der Waals surface area (Å²) in [5, 5.41) is 2.66. The molecule has 0 radical (unpaired) electrons. The predicted molar refractivity (Wildman–Crippen MR) is 112 cm³/mol. The number of methoxy groups -OCH3 is 2. The summed E-state index contributed by atoms with van der Waals surface area (Å²) in [5.74, 6) is 0.0604. The van der Waals surface area contributed by atoms with Crippen molar-refractivity contribution in [2.45, 2.75) is 13.8 Å². The van der Waals surface area contributed by atoms with Gasteiger partial charge in [-0.05, 0) is 61.5 Å². The Kier molecular flexibility index (Phi) is 5.46. The first-order valence-corrected chi connectivity index (χ1v) is 8.98. The molecule has 0 unspecified atom stereocenters. The van der Waals surface area contributed by atoms with E-state index in [9.17, 15) is 9.59 Å². The first-order valence-electron chi connectivity index (χ1n) is 8.57. The van der Waals surface area contributed by atoms with Crippen LogP contribution in [0.2, 0.25) is 0 Å². The van der Waals surface area contributed by atoms with Crippen LogP contribution in [0.25, 0.3) is 6.08 Å². The minimum atomic E-state index is -0.547. The number of rotatable bonds is 4. The van der Waals surface area contributed by atoms with Gasteiger partial charge in [-0.1, -0.05) is 12.1 Å². The number of aryl methyl sites for hydroxylation is 1. The lowest BCUT2D eigenvalue weighted by molar-refractivity contribution is -0.122. The van der Waals surface area contributed by atoms with Crippen LogP contribution in [0.4, 0.5) is 5.69 Å². The molecule has 0 saturated carbocycles. The number of thiocarbonyl (C=S) groups is 1. The number of nitrogens with zero attached hydrogens (tertiary/aromatic N) is 1. The van der Waals surface area contributed by atoms with E-state index in [4.69, 9.17) is 21.7 Å². The lowest BCUT2D eigenvalue weighted by atomic mass is 10.0. The summed E-state index contributed by atoms with van der Waals surface area (Å²) in [5.41, 5.74) is 3.12. The molecule has 1 heterocycles. The van der Waals surface area contributed by atoms with Gasteiger partial charge in [-0.2, -0.15) is 0 Å². The summed E-state index contributed by atoms with van der Waals surface area (Å²) in [4.78, 5) is 27.0. The molecule has 2 amide bonds. The number of benzene rings is 2. The predicted octanol–water partition coefficient (Wildman–Crippen LogP) is 3.15. The number of hydrogen-bond donors (Lipinski definition) is 1. The number of hydrogen-bond acceptors (Lipinski definition) is 5.